The molecule has 1 saturated carbocycles. The van der Waals surface area contributed by atoms with E-state index in [-0.39, 0.29) is 11.7 Å². The van der Waals surface area contributed by atoms with Crippen LogP contribution in [0.25, 0.3) is 0 Å². The predicted molar refractivity (Wildman–Crippen MR) is 85.3 cm³/mol. The van der Waals surface area contributed by atoms with Crippen LogP contribution in [-0.2, 0) is 4.79 Å². The highest BCUT2D eigenvalue weighted by atomic mass is 16.4. The van der Waals surface area contributed by atoms with E-state index in [9.17, 15) is 4.79 Å². The maximum absolute atomic E-state index is 12.1. The van der Waals surface area contributed by atoms with Crippen LogP contribution in [0.15, 0.2) is 5.16 Å². The number of carbonyl (C=O) groups is 1. The normalized spacial score (nSPS) is 26.6. The van der Waals surface area contributed by atoms with E-state index in [4.69, 9.17) is 10.9 Å². The van der Waals surface area contributed by atoms with Crippen molar-refractivity contribution in [2.45, 2.75) is 83.6 Å². The van der Waals surface area contributed by atoms with E-state index in [1.54, 1.807) is 0 Å². The van der Waals surface area contributed by atoms with Gasteiger partial charge in [0.2, 0.25) is 5.91 Å². The van der Waals surface area contributed by atoms with E-state index >= 15 is 0 Å². The Balaban J connectivity index is 2.57. The topological polar surface area (TPSA) is 87.7 Å². The van der Waals surface area contributed by atoms with Crippen LogP contribution in [0.4, 0.5) is 0 Å². The van der Waals surface area contributed by atoms with Gasteiger partial charge >= 0.3 is 0 Å². The summed E-state index contributed by atoms with van der Waals surface area (Å²) in [5.41, 5.74) is 5.24. The van der Waals surface area contributed by atoms with Gasteiger partial charge in [0.05, 0.1) is 0 Å². The number of nitrogens with two attached hydrogens (primary N) is 1. The Morgan fingerprint density at radius 3 is 2.48 bits per heavy atom. The fraction of sp³-hybridized carbons (Fsp3) is 0.875. The Labute approximate surface area is 128 Å². The van der Waals surface area contributed by atoms with E-state index in [0.29, 0.717) is 12.3 Å². The van der Waals surface area contributed by atoms with Crippen molar-refractivity contribution in [2.24, 2.45) is 16.8 Å². The maximum Gasteiger partial charge on any atom is 0.220 e. The molecule has 5 heteroatoms. The summed E-state index contributed by atoms with van der Waals surface area (Å²) >= 11 is 0. The predicted octanol–water partition coefficient (Wildman–Crippen LogP) is 3.16. The number of carbonyl (C=O) groups excluding carboxylic acids is 1. The SMILES string of the molecule is CCCCCCC(=O)NC1(C(N)=NO)CCC(CC)CC1. The second kappa shape index (κ2) is 8.90. The lowest BCUT2D eigenvalue weighted by Crippen LogP contribution is -2.59. The molecule has 0 spiro atoms. The second-order valence-electron chi connectivity index (χ2n) is 6.28. The second-order valence-corrected chi connectivity index (χ2v) is 6.28. The number of oxime groups is 1. The van der Waals surface area contributed by atoms with Gasteiger partial charge in [0.1, 0.15) is 5.54 Å². The van der Waals surface area contributed by atoms with Crippen LogP contribution in [0.3, 0.4) is 0 Å². The summed E-state index contributed by atoms with van der Waals surface area (Å²) in [5.74, 6) is 0.859. The van der Waals surface area contributed by atoms with Crippen molar-refractivity contribution in [3.05, 3.63) is 0 Å². The van der Waals surface area contributed by atoms with Crippen LogP contribution in [0.5, 0.6) is 0 Å². The van der Waals surface area contributed by atoms with Crippen molar-refractivity contribution in [3.63, 3.8) is 0 Å². The Hall–Kier alpha value is -1.26. The minimum absolute atomic E-state index is 0.0210. The Morgan fingerprint density at radius 1 is 1.29 bits per heavy atom. The maximum atomic E-state index is 12.1. The molecule has 0 atom stereocenters. The van der Waals surface area contributed by atoms with Crippen LogP contribution in [-0.4, -0.2) is 22.5 Å². The van der Waals surface area contributed by atoms with E-state index in [1.165, 1.54) is 0 Å². The first-order valence-electron chi connectivity index (χ1n) is 8.37. The van der Waals surface area contributed by atoms with Gasteiger partial charge in [0, 0.05) is 6.42 Å². The number of amides is 1. The van der Waals surface area contributed by atoms with Gasteiger partial charge in [-0.05, 0) is 38.0 Å². The average molecular weight is 297 g/mol. The van der Waals surface area contributed by atoms with Crippen LogP contribution in [0.2, 0.25) is 0 Å². The number of hydrogen-bond acceptors (Lipinski definition) is 3. The van der Waals surface area contributed by atoms with Gasteiger partial charge in [-0.2, -0.15) is 0 Å². The van der Waals surface area contributed by atoms with Crippen molar-refractivity contribution in [2.75, 3.05) is 0 Å². The standard InChI is InChI=1S/C16H31N3O2/c1-3-5-6-7-8-14(20)18-16(15(17)19-21)11-9-13(4-2)10-12-16/h13,21H,3-12H2,1-2H3,(H2,17,19)(H,18,20). The fourth-order valence-corrected chi connectivity index (χ4v) is 3.16. The summed E-state index contributed by atoms with van der Waals surface area (Å²) in [4.78, 5) is 12.1. The lowest BCUT2D eigenvalue weighted by Gasteiger charge is -2.39. The van der Waals surface area contributed by atoms with Gasteiger partial charge in [-0.25, -0.2) is 0 Å². The average Bonchev–Trinajstić information content (AvgIpc) is 2.51. The lowest BCUT2D eigenvalue weighted by atomic mass is 9.75. The Morgan fingerprint density at radius 2 is 1.95 bits per heavy atom. The molecule has 0 bridgehead atoms. The highest BCUT2D eigenvalue weighted by Gasteiger charge is 2.40. The van der Waals surface area contributed by atoms with Crippen LogP contribution in [0.1, 0.15) is 78.1 Å². The fourth-order valence-electron chi connectivity index (χ4n) is 3.16. The summed E-state index contributed by atoms with van der Waals surface area (Å²) in [5, 5.41) is 15.3. The van der Waals surface area contributed by atoms with Crippen LogP contribution in [0, 0.1) is 5.92 Å². The van der Waals surface area contributed by atoms with Crippen molar-refractivity contribution < 1.29 is 10.0 Å². The molecule has 0 radical (unpaired) electrons. The van der Waals surface area contributed by atoms with E-state index in [0.717, 1.165) is 57.8 Å². The summed E-state index contributed by atoms with van der Waals surface area (Å²) < 4.78 is 0. The molecule has 0 aromatic carbocycles. The molecule has 0 heterocycles. The Kier molecular flexibility index (Phi) is 7.54. The zero-order chi connectivity index (χ0) is 15.7. The molecule has 0 saturated heterocycles. The van der Waals surface area contributed by atoms with Gasteiger partial charge < -0.3 is 16.3 Å². The molecule has 0 aromatic heterocycles. The Bertz CT molecular complexity index is 347. The van der Waals surface area contributed by atoms with Crippen molar-refractivity contribution in [3.8, 4) is 0 Å². The molecule has 0 aliphatic heterocycles. The first-order valence-corrected chi connectivity index (χ1v) is 8.37. The van der Waals surface area contributed by atoms with Crippen molar-refractivity contribution >= 4 is 11.7 Å². The number of hydrogen-bond donors (Lipinski definition) is 3. The van der Waals surface area contributed by atoms with Gasteiger partial charge in [0.15, 0.2) is 5.84 Å². The third kappa shape index (κ3) is 5.21. The van der Waals surface area contributed by atoms with E-state index < -0.39 is 5.54 Å². The summed E-state index contributed by atoms with van der Waals surface area (Å²) in [7, 11) is 0. The number of rotatable bonds is 8. The zero-order valence-corrected chi connectivity index (χ0v) is 13.5. The largest absolute Gasteiger partial charge is 0.409 e. The molecule has 1 fully saturated rings. The zero-order valence-electron chi connectivity index (χ0n) is 13.5. The highest BCUT2D eigenvalue weighted by molar-refractivity contribution is 5.94. The molecule has 0 aromatic rings. The molecule has 5 nitrogen and oxygen atoms in total. The minimum Gasteiger partial charge on any atom is -0.409 e. The molecule has 0 unspecified atom stereocenters. The molecule has 122 valence electrons. The molecule has 1 amide bonds. The number of amidine groups is 1. The van der Waals surface area contributed by atoms with Crippen LogP contribution < -0.4 is 11.1 Å². The van der Waals surface area contributed by atoms with Crippen molar-refractivity contribution in [1.29, 1.82) is 0 Å². The molecular formula is C16H31N3O2. The van der Waals surface area contributed by atoms with Gasteiger partial charge in [-0.3, -0.25) is 4.79 Å². The molecular weight excluding hydrogens is 266 g/mol. The molecule has 1 aliphatic carbocycles. The number of nitrogens with zero attached hydrogens (tertiary/aromatic N) is 1. The smallest absolute Gasteiger partial charge is 0.220 e. The quantitative estimate of drug-likeness (QED) is 0.211. The number of unbranched alkanes of at least 4 members (excludes halogenated alkanes) is 3. The molecule has 1 rings (SSSR count). The third-order valence-corrected chi connectivity index (χ3v) is 4.77. The summed E-state index contributed by atoms with van der Waals surface area (Å²) in [6.45, 7) is 4.34. The number of nitrogens with one attached hydrogen (secondary N) is 1. The molecule has 4 N–H and O–H groups in total. The van der Waals surface area contributed by atoms with Gasteiger partial charge in [0.25, 0.3) is 0 Å². The lowest BCUT2D eigenvalue weighted by molar-refractivity contribution is -0.122. The van der Waals surface area contributed by atoms with E-state index in [2.05, 4.69) is 24.3 Å². The van der Waals surface area contributed by atoms with E-state index in [1.807, 2.05) is 0 Å². The third-order valence-electron chi connectivity index (χ3n) is 4.77. The highest BCUT2D eigenvalue weighted by Crippen LogP contribution is 2.34. The summed E-state index contributed by atoms with van der Waals surface area (Å²) in [6, 6.07) is 0. The molecule has 1 aliphatic rings. The van der Waals surface area contributed by atoms with Gasteiger partial charge in [-0.1, -0.05) is 44.7 Å². The minimum atomic E-state index is -0.637. The van der Waals surface area contributed by atoms with Gasteiger partial charge in [-0.15, -0.1) is 0 Å². The monoisotopic (exact) mass is 297 g/mol. The van der Waals surface area contributed by atoms with Crippen molar-refractivity contribution in [1.82, 2.24) is 5.32 Å². The first-order chi connectivity index (χ1) is 10.1. The molecule has 21 heavy (non-hydrogen) atoms. The summed E-state index contributed by atoms with van der Waals surface area (Å²) in [6.07, 6.45) is 9.55. The van der Waals surface area contributed by atoms with Crippen LogP contribution >= 0.6 is 0 Å². The first kappa shape index (κ1) is 17.8.